The third kappa shape index (κ3) is 4.52. The van der Waals surface area contributed by atoms with Crippen LogP contribution >= 0.6 is 0 Å². The Morgan fingerprint density at radius 2 is 1.81 bits per heavy atom. The van der Waals surface area contributed by atoms with Crippen LogP contribution in [0.4, 0.5) is 0 Å². The van der Waals surface area contributed by atoms with Gasteiger partial charge in [-0.3, -0.25) is 10.3 Å². The quantitative estimate of drug-likeness (QED) is 0.429. The highest BCUT2D eigenvalue weighted by Gasteiger charge is 2.21. The average Bonchev–Trinajstić information content (AvgIpc) is 2.45. The van der Waals surface area contributed by atoms with E-state index in [-0.39, 0.29) is 0 Å². The Morgan fingerprint density at radius 1 is 1.25 bits per heavy atom. The van der Waals surface area contributed by atoms with Gasteiger partial charge >= 0.3 is 0 Å². The minimum absolute atomic E-state index is 0.319. The second-order valence-electron chi connectivity index (χ2n) is 5.25. The van der Waals surface area contributed by atoms with Gasteiger partial charge < -0.3 is 5.73 Å². The first-order valence-electron chi connectivity index (χ1n) is 6.70. The summed E-state index contributed by atoms with van der Waals surface area (Å²) in [4.78, 5) is 2.55. The Bertz CT molecular complexity index is 205. The summed E-state index contributed by atoms with van der Waals surface area (Å²) in [7, 11) is 0. The Morgan fingerprint density at radius 3 is 2.25 bits per heavy atom. The first-order chi connectivity index (χ1) is 7.61. The number of hydrogen-bond acceptors (Lipinski definition) is 2. The van der Waals surface area contributed by atoms with Crippen LogP contribution in [-0.2, 0) is 0 Å². The fourth-order valence-electron chi connectivity index (χ4n) is 2.70. The molecule has 0 unspecified atom stereocenters. The van der Waals surface area contributed by atoms with Gasteiger partial charge in [0.05, 0.1) is 5.84 Å². The van der Waals surface area contributed by atoms with Crippen LogP contribution in [0, 0.1) is 5.41 Å². The van der Waals surface area contributed by atoms with Crippen LogP contribution in [0.25, 0.3) is 0 Å². The summed E-state index contributed by atoms with van der Waals surface area (Å²) >= 11 is 0. The summed E-state index contributed by atoms with van der Waals surface area (Å²) < 4.78 is 0. The molecule has 0 aliphatic heterocycles. The molecule has 94 valence electrons. The van der Waals surface area contributed by atoms with Crippen molar-refractivity contribution in [3.05, 3.63) is 0 Å². The summed E-state index contributed by atoms with van der Waals surface area (Å²) in [6.07, 6.45) is 8.91. The minimum Gasteiger partial charge on any atom is -0.388 e. The maximum Gasteiger partial charge on any atom is 0.0918 e. The van der Waals surface area contributed by atoms with Crippen molar-refractivity contribution in [3.8, 4) is 0 Å². The fourth-order valence-corrected chi connectivity index (χ4v) is 2.70. The van der Waals surface area contributed by atoms with Gasteiger partial charge in [0.1, 0.15) is 0 Å². The van der Waals surface area contributed by atoms with Crippen LogP contribution in [-0.4, -0.2) is 29.4 Å². The molecule has 1 aliphatic carbocycles. The Hall–Kier alpha value is -0.570. The maximum atomic E-state index is 7.34. The second-order valence-corrected chi connectivity index (χ2v) is 5.25. The molecule has 3 heteroatoms. The third-order valence-electron chi connectivity index (χ3n) is 3.60. The summed E-state index contributed by atoms with van der Waals surface area (Å²) in [5.74, 6) is 0.319. The van der Waals surface area contributed by atoms with Gasteiger partial charge in [-0.05, 0) is 26.7 Å². The molecule has 0 aromatic carbocycles. The van der Waals surface area contributed by atoms with Crippen molar-refractivity contribution in [3.63, 3.8) is 0 Å². The van der Waals surface area contributed by atoms with Crippen molar-refractivity contribution in [1.82, 2.24) is 4.90 Å². The molecule has 1 aliphatic rings. The average molecular weight is 225 g/mol. The van der Waals surface area contributed by atoms with Crippen LogP contribution in [0.5, 0.6) is 0 Å². The highest BCUT2D eigenvalue weighted by atomic mass is 15.2. The van der Waals surface area contributed by atoms with E-state index >= 15 is 0 Å². The minimum atomic E-state index is 0.319. The third-order valence-corrected chi connectivity index (χ3v) is 3.60. The summed E-state index contributed by atoms with van der Waals surface area (Å²) in [6, 6.07) is 1.30. The van der Waals surface area contributed by atoms with Crippen molar-refractivity contribution < 1.29 is 0 Å². The van der Waals surface area contributed by atoms with E-state index in [0.717, 1.165) is 12.6 Å². The first kappa shape index (κ1) is 13.5. The monoisotopic (exact) mass is 225 g/mol. The van der Waals surface area contributed by atoms with Crippen LogP contribution in [0.3, 0.4) is 0 Å². The number of rotatable bonds is 5. The van der Waals surface area contributed by atoms with Gasteiger partial charge in [0.25, 0.3) is 0 Å². The zero-order chi connectivity index (χ0) is 12.0. The molecule has 0 aromatic heterocycles. The molecule has 1 rings (SSSR count). The molecular weight excluding hydrogens is 198 g/mol. The SMILES string of the molecule is CC(C)N(CCC(=N)N)C1CCCCCC1. The van der Waals surface area contributed by atoms with E-state index in [4.69, 9.17) is 11.1 Å². The van der Waals surface area contributed by atoms with Gasteiger partial charge in [-0.25, -0.2) is 0 Å². The van der Waals surface area contributed by atoms with E-state index in [0.29, 0.717) is 18.3 Å². The largest absolute Gasteiger partial charge is 0.388 e. The van der Waals surface area contributed by atoms with E-state index in [1.165, 1.54) is 38.5 Å². The molecule has 0 saturated heterocycles. The van der Waals surface area contributed by atoms with Crippen LogP contribution in [0.2, 0.25) is 0 Å². The van der Waals surface area contributed by atoms with Gasteiger partial charge in [-0.2, -0.15) is 0 Å². The lowest BCUT2D eigenvalue weighted by Crippen LogP contribution is -2.42. The molecule has 0 radical (unpaired) electrons. The number of nitrogens with one attached hydrogen (secondary N) is 1. The summed E-state index contributed by atoms with van der Waals surface area (Å²) in [5.41, 5.74) is 5.46. The van der Waals surface area contributed by atoms with Crippen molar-refractivity contribution in [2.75, 3.05) is 6.54 Å². The predicted octanol–water partition coefficient (Wildman–Crippen LogP) is 2.75. The smallest absolute Gasteiger partial charge is 0.0918 e. The highest BCUT2D eigenvalue weighted by molar-refractivity contribution is 5.76. The maximum absolute atomic E-state index is 7.34. The Kier molecular flexibility index (Phi) is 5.81. The van der Waals surface area contributed by atoms with E-state index in [9.17, 15) is 0 Å². The van der Waals surface area contributed by atoms with E-state index in [1.807, 2.05) is 0 Å². The lowest BCUT2D eigenvalue weighted by atomic mass is 10.0. The molecule has 0 atom stereocenters. The molecule has 0 aromatic rings. The zero-order valence-corrected chi connectivity index (χ0v) is 10.8. The molecule has 1 fully saturated rings. The molecule has 0 spiro atoms. The Balaban J connectivity index is 2.49. The van der Waals surface area contributed by atoms with Gasteiger partial charge in [-0.15, -0.1) is 0 Å². The molecule has 16 heavy (non-hydrogen) atoms. The normalized spacial score (nSPS) is 19.0. The lowest BCUT2D eigenvalue weighted by molar-refractivity contribution is 0.143. The number of amidine groups is 1. The summed E-state index contributed by atoms with van der Waals surface area (Å²) in [6.45, 7) is 5.47. The van der Waals surface area contributed by atoms with Gasteiger partial charge in [-0.1, -0.05) is 25.7 Å². The molecule has 0 amide bonds. The van der Waals surface area contributed by atoms with Crippen molar-refractivity contribution >= 4 is 5.84 Å². The Labute approximate surface area is 99.9 Å². The molecule has 1 saturated carbocycles. The van der Waals surface area contributed by atoms with Crippen LogP contribution < -0.4 is 5.73 Å². The topological polar surface area (TPSA) is 53.1 Å². The number of nitrogens with two attached hydrogens (primary N) is 1. The van der Waals surface area contributed by atoms with Crippen molar-refractivity contribution in [2.24, 2.45) is 5.73 Å². The van der Waals surface area contributed by atoms with E-state index in [2.05, 4.69) is 18.7 Å². The summed E-state index contributed by atoms with van der Waals surface area (Å²) in [5, 5.41) is 7.34. The lowest BCUT2D eigenvalue weighted by Gasteiger charge is -2.34. The van der Waals surface area contributed by atoms with Gasteiger partial charge in [0, 0.05) is 25.0 Å². The standard InChI is InChI=1S/C13H27N3/c1-11(2)16(10-9-13(14)15)12-7-5-3-4-6-8-12/h11-12H,3-10H2,1-2H3,(H3,14,15). The van der Waals surface area contributed by atoms with Crippen LogP contribution in [0.1, 0.15) is 58.8 Å². The first-order valence-corrected chi connectivity index (χ1v) is 6.70. The number of nitrogens with zero attached hydrogens (tertiary/aromatic N) is 1. The van der Waals surface area contributed by atoms with Crippen molar-refractivity contribution in [2.45, 2.75) is 70.9 Å². The fraction of sp³-hybridized carbons (Fsp3) is 0.923. The highest BCUT2D eigenvalue weighted by Crippen LogP contribution is 2.23. The van der Waals surface area contributed by atoms with E-state index in [1.54, 1.807) is 0 Å². The van der Waals surface area contributed by atoms with E-state index < -0.39 is 0 Å². The van der Waals surface area contributed by atoms with Gasteiger partial charge in [0.2, 0.25) is 0 Å². The predicted molar refractivity (Wildman–Crippen MR) is 69.9 cm³/mol. The molecule has 0 bridgehead atoms. The molecule has 0 heterocycles. The number of hydrogen-bond donors (Lipinski definition) is 2. The van der Waals surface area contributed by atoms with Gasteiger partial charge in [0.15, 0.2) is 0 Å². The molecule has 3 nitrogen and oxygen atoms in total. The zero-order valence-electron chi connectivity index (χ0n) is 10.8. The molecular formula is C13H27N3. The second kappa shape index (κ2) is 6.89. The van der Waals surface area contributed by atoms with Crippen LogP contribution in [0.15, 0.2) is 0 Å². The molecule has 3 N–H and O–H groups in total. The van der Waals surface area contributed by atoms with Crippen molar-refractivity contribution in [1.29, 1.82) is 5.41 Å².